The van der Waals surface area contributed by atoms with E-state index in [2.05, 4.69) is 53.2 Å². The van der Waals surface area contributed by atoms with Gasteiger partial charge in [-0.2, -0.15) is 10.4 Å². The number of nitriles is 1. The summed E-state index contributed by atoms with van der Waals surface area (Å²) in [6, 6.07) is 23.1. The molecule has 186 valence electrons. The van der Waals surface area contributed by atoms with Gasteiger partial charge in [-0.15, -0.1) is 5.11 Å². The average Bonchev–Trinajstić information content (AvgIpc) is 3.33. The number of fused-ring (bicyclic) bond motifs is 5. The largest absolute Gasteiger partial charge is 0.503 e. The highest BCUT2D eigenvalue weighted by atomic mass is 16.4. The molecule has 0 unspecified atom stereocenters. The van der Waals surface area contributed by atoms with Crippen LogP contribution in [0.15, 0.2) is 81.4 Å². The highest BCUT2D eigenvalue weighted by molar-refractivity contribution is 6.23. The number of anilines is 1. The third kappa shape index (κ3) is 4.73. The maximum atomic E-state index is 11.3. The number of unbranched alkanes of at least 4 members (excludes halogenated alkanes) is 2. The first-order valence-corrected chi connectivity index (χ1v) is 12.9. The van der Waals surface area contributed by atoms with Gasteiger partial charge in [-0.3, -0.25) is 0 Å². The quantitative estimate of drug-likeness (QED) is 0.209. The van der Waals surface area contributed by atoms with Crippen molar-refractivity contribution in [2.24, 2.45) is 10.2 Å². The van der Waals surface area contributed by atoms with Gasteiger partial charge < -0.3 is 14.4 Å². The van der Waals surface area contributed by atoms with Crippen molar-refractivity contribution in [1.29, 1.82) is 5.26 Å². The van der Waals surface area contributed by atoms with Crippen LogP contribution in [-0.2, 0) is 0 Å². The predicted octanol–water partition coefficient (Wildman–Crippen LogP) is 9.14. The minimum atomic E-state index is -0.0299. The maximum Gasteiger partial charge on any atom is 0.187 e. The number of azo groups is 1. The van der Waals surface area contributed by atoms with Crippen LogP contribution in [-0.4, -0.2) is 18.2 Å². The highest BCUT2D eigenvalue weighted by Gasteiger charge is 2.20. The highest BCUT2D eigenvalue weighted by Crippen LogP contribution is 2.47. The zero-order chi connectivity index (χ0) is 25.8. The minimum Gasteiger partial charge on any atom is -0.503 e. The van der Waals surface area contributed by atoms with Gasteiger partial charge in [0, 0.05) is 41.0 Å². The molecule has 0 aliphatic rings. The number of furan rings is 1. The van der Waals surface area contributed by atoms with Gasteiger partial charge in [0.2, 0.25) is 0 Å². The van der Waals surface area contributed by atoms with Gasteiger partial charge in [0.15, 0.2) is 11.3 Å². The lowest BCUT2D eigenvalue weighted by molar-refractivity contribution is 0.470. The number of hydrogen-bond acceptors (Lipinski definition) is 6. The summed E-state index contributed by atoms with van der Waals surface area (Å²) in [5, 5.41) is 32.7. The lowest BCUT2D eigenvalue weighted by Gasteiger charge is -2.24. The Labute approximate surface area is 216 Å². The second-order valence-electron chi connectivity index (χ2n) is 9.28. The summed E-state index contributed by atoms with van der Waals surface area (Å²) in [7, 11) is 0. The first-order chi connectivity index (χ1) is 18.1. The van der Waals surface area contributed by atoms with Crippen LogP contribution in [0, 0.1) is 11.3 Å². The Morgan fingerprint density at radius 3 is 2.24 bits per heavy atom. The Morgan fingerprint density at radius 1 is 0.865 bits per heavy atom. The molecule has 0 amide bonds. The molecule has 0 spiro atoms. The molecular formula is C31H30N4O2. The number of phenols is 1. The van der Waals surface area contributed by atoms with Gasteiger partial charge in [-0.25, -0.2) is 0 Å². The molecule has 6 heteroatoms. The lowest BCUT2D eigenvalue weighted by atomic mass is 10.0. The van der Waals surface area contributed by atoms with Gasteiger partial charge in [0.25, 0.3) is 0 Å². The van der Waals surface area contributed by atoms with Crippen LogP contribution in [0.2, 0.25) is 0 Å². The van der Waals surface area contributed by atoms with Gasteiger partial charge in [0.05, 0.1) is 17.3 Å². The van der Waals surface area contributed by atoms with Gasteiger partial charge in [0.1, 0.15) is 11.3 Å². The smallest absolute Gasteiger partial charge is 0.187 e. The van der Waals surface area contributed by atoms with Crippen LogP contribution >= 0.6 is 0 Å². The third-order valence-electron chi connectivity index (χ3n) is 6.75. The summed E-state index contributed by atoms with van der Waals surface area (Å²) in [5.41, 5.74) is 3.80. The average molecular weight is 491 g/mol. The molecular weight excluding hydrogens is 460 g/mol. The molecule has 0 bridgehead atoms. The minimum absolute atomic E-state index is 0.0299. The van der Waals surface area contributed by atoms with Crippen molar-refractivity contribution in [3.8, 4) is 11.8 Å². The summed E-state index contributed by atoms with van der Waals surface area (Å²) in [6.07, 6.45) is 4.58. The van der Waals surface area contributed by atoms with E-state index < -0.39 is 0 Å². The van der Waals surface area contributed by atoms with Crippen molar-refractivity contribution >= 4 is 49.8 Å². The molecule has 1 N–H and O–H groups in total. The van der Waals surface area contributed by atoms with E-state index in [0.717, 1.165) is 71.6 Å². The summed E-state index contributed by atoms with van der Waals surface area (Å²) in [6.45, 7) is 6.45. The van der Waals surface area contributed by atoms with E-state index in [0.29, 0.717) is 22.5 Å². The molecule has 0 radical (unpaired) electrons. The number of aromatic hydroxyl groups is 1. The summed E-state index contributed by atoms with van der Waals surface area (Å²) >= 11 is 0. The molecule has 5 rings (SSSR count). The van der Waals surface area contributed by atoms with Crippen molar-refractivity contribution < 1.29 is 9.52 Å². The molecule has 0 aliphatic heterocycles. The fraction of sp³-hybridized carbons (Fsp3) is 0.258. The molecule has 37 heavy (non-hydrogen) atoms. The van der Waals surface area contributed by atoms with Crippen molar-refractivity contribution in [2.75, 3.05) is 18.0 Å². The van der Waals surface area contributed by atoms with Gasteiger partial charge in [-0.05, 0) is 54.6 Å². The maximum absolute atomic E-state index is 11.3. The number of nitrogens with zero attached hydrogens (tertiary/aromatic N) is 4. The Hall–Kier alpha value is -4.37. The zero-order valence-electron chi connectivity index (χ0n) is 21.2. The van der Waals surface area contributed by atoms with E-state index in [1.54, 1.807) is 24.3 Å². The molecule has 5 aromatic rings. The van der Waals surface area contributed by atoms with Crippen LogP contribution in [0.25, 0.3) is 32.7 Å². The molecule has 6 nitrogen and oxygen atoms in total. The summed E-state index contributed by atoms with van der Waals surface area (Å²) in [4.78, 5) is 2.43. The molecule has 0 saturated carbocycles. The number of benzene rings is 4. The summed E-state index contributed by atoms with van der Waals surface area (Å²) in [5.74, 6) is -0.0299. The molecule has 0 atom stereocenters. The zero-order valence-corrected chi connectivity index (χ0v) is 21.2. The molecule has 0 saturated heterocycles. The van der Waals surface area contributed by atoms with E-state index in [-0.39, 0.29) is 5.75 Å². The van der Waals surface area contributed by atoms with Crippen molar-refractivity contribution in [3.63, 3.8) is 0 Å². The second-order valence-corrected chi connectivity index (χ2v) is 9.28. The normalized spacial score (nSPS) is 11.6. The molecule has 0 fully saturated rings. The van der Waals surface area contributed by atoms with E-state index in [4.69, 9.17) is 9.68 Å². The number of phenolic OH excluding ortho intramolecular Hbond substituents is 1. The van der Waals surface area contributed by atoms with Crippen LogP contribution in [0.3, 0.4) is 0 Å². The molecule has 1 heterocycles. The van der Waals surface area contributed by atoms with Crippen LogP contribution in [0.1, 0.15) is 45.1 Å². The van der Waals surface area contributed by atoms with Crippen LogP contribution < -0.4 is 4.90 Å². The molecule has 4 aromatic carbocycles. The third-order valence-corrected chi connectivity index (χ3v) is 6.75. The number of rotatable bonds is 9. The standard InChI is InChI=1S/C31H30N4O2/c1-3-5-17-35(18-6-4-2)23-15-16-26-27(19-23)37-31-28(26)24-9-7-8-10-25(24)29(30(31)36)34-33-22-13-11-21(20-32)12-14-22/h7-16,19,36H,3-6,17-18H2,1-2H3. The van der Waals surface area contributed by atoms with Gasteiger partial charge in [-0.1, -0.05) is 51.0 Å². The van der Waals surface area contributed by atoms with Crippen LogP contribution in [0.4, 0.5) is 17.1 Å². The van der Waals surface area contributed by atoms with Crippen molar-refractivity contribution in [1.82, 2.24) is 0 Å². The lowest BCUT2D eigenvalue weighted by Crippen LogP contribution is -2.25. The molecule has 0 aliphatic carbocycles. The second kappa shape index (κ2) is 10.7. The summed E-state index contributed by atoms with van der Waals surface area (Å²) < 4.78 is 6.30. The Kier molecular flexibility index (Phi) is 7.04. The van der Waals surface area contributed by atoms with Gasteiger partial charge >= 0.3 is 0 Å². The van der Waals surface area contributed by atoms with E-state index >= 15 is 0 Å². The number of hydrogen-bond donors (Lipinski definition) is 1. The fourth-order valence-corrected chi connectivity index (χ4v) is 4.74. The topological polar surface area (TPSA) is 85.1 Å². The SMILES string of the molecule is CCCCN(CCCC)c1ccc2c(c1)oc1c(O)c(N=Nc3ccc(C#N)cc3)c3ccccc3c12. The Balaban J connectivity index is 1.64. The fourth-order valence-electron chi connectivity index (χ4n) is 4.74. The Bertz CT molecular complexity index is 1620. The first-order valence-electron chi connectivity index (χ1n) is 12.9. The monoisotopic (exact) mass is 490 g/mol. The Morgan fingerprint density at radius 2 is 1.57 bits per heavy atom. The van der Waals surface area contributed by atoms with E-state index in [1.165, 1.54) is 0 Å². The van der Waals surface area contributed by atoms with Crippen molar-refractivity contribution in [2.45, 2.75) is 39.5 Å². The van der Waals surface area contributed by atoms with E-state index in [9.17, 15) is 5.11 Å². The molecule has 1 aromatic heterocycles. The predicted molar refractivity (Wildman–Crippen MR) is 150 cm³/mol. The van der Waals surface area contributed by atoms with Crippen LogP contribution in [0.5, 0.6) is 5.75 Å². The first kappa shape index (κ1) is 24.3. The van der Waals surface area contributed by atoms with E-state index in [1.807, 2.05) is 24.3 Å². The van der Waals surface area contributed by atoms with Crippen molar-refractivity contribution in [3.05, 3.63) is 72.3 Å².